The summed E-state index contributed by atoms with van der Waals surface area (Å²) in [6.07, 6.45) is 1.03. The average molecular weight is 382 g/mol. The molecular formula is C24H19FN4. The highest BCUT2D eigenvalue weighted by molar-refractivity contribution is 5.65. The number of halogens is 1. The third-order valence-electron chi connectivity index (χ3n) is 6.06. The van der Waals surface area contributed by atoms with Crippen molar-refractivity contribution in [2.45, 2.75) is 19.0 Å². The SMILES string of the molecule is Fc1ccc(-c2nnn3c2C2c4ccccc4CCN2Cc2ccccc2-3)cc1. The van der Waals surface area contributed by atoms with Gasteiger partial charge in [0, 0.05) is 18.7 Å². The zero-order chi connectivity index (χ0) is 19.4. The van der Waals surface area contributed by atoms with Crippen LogP contribution in [0.3, 0.4) is 0 Å². The molecule has 0 radical (unpaired) electrons. The van der Waals surface area contributed by atoms with E-state index < -0.39 is 0 Å². The molecule has 1 aromatic heterocycles. The molecule has 5 heteroatoms. The zero-order valence-electron chi connectivity index (χ0n) is 15.8. The molecule has 3 heterocycles. The van der Waals surface area contributed by atoms with Gasteiger partial charge in [0.15, 0.2) is 0 Å². The molecule has 2 aliphatic rings. The number of rotatable bonds is 1. The Morgan fingerprint density at radius 2 is 1.62 bits per heavy atom. The van der Waals surface area contributed by atoms with Gasteiger partial charge in [-0.15, -0.1) is 5.10 Å². The molecule has 29 heavy (non-hydrogen) atoms. The molecule has 0 amide bonds. The second-order valence-electron chi connectivity index (χ2n) is 7.69. The van der Waals surface area contributed by atoms with Crippen molar-refractivity contribution in [1.29, 1.82) is 0 Å². The van der Waals surface area contributed by atoms with Gasteiger partial charge in [-0.05, 0) is 53.4 Å². The van der Waals surface area contributed by atoms with Crippen LogP contribution < -0.4 is 0 Å². The Morgan fingerprint density at radius 1 is 0.862 bits per heavy atom. The summed E-state index contributed by atoms with van der Waals surface area (Å²) in [5.74, 6) is -0.248. The van der Waals surface area contributed by atoms with Crippen molar-refractivity contribution in [3.8, 4) is 16.9 Å². The van der Waals surface area contributed by atoms with Crippen molar-refractivity contribution in [3.05, 3.63) is 101 Å². The predicted molar refractivity (Wildman–Crippen MR) is 109 cm³/mol. The minimum absolute atomic E-state index is 0.0578. The molecule has 4 aromatic rings. The summed E-state index contributed by atoms with van der Waals surface area (Å²) < 4.78 is 15.5. The first-order valence-corrected chi connectivity index (χ1v) is 9.91. The van der Waals surface area contributed by atoms with Crippen LogP contribution in [0.4, 0.5) is 4.39 Å². The first-order chi connectivity index (χ1) is 14.3. The molecule has 0 spiro atoms. The normalized spacial score (nSPS) is 17.6. The van der Waals surface area contributed by atoms with Crippen molar-refractivity contribution < 1.29 is 4.39 Å². The quantitative estimate of drug-likeness (QED) is 0.485. The van der Waals surface area contributed by atoms with E-state index in [1.165, 1.54) is 28.8 Å². The number of fused-ring (bicyclic) bond motifs is 7. The Balaban J connectivity index is 1.65. The molecule has 2 aliphatic heterocycles. The lowest BCUT2D eigenvalue weighted by molar-refractivity contribution is 0.204. The first kappa shape index (κ1) is 16.6. The van der Waals surface area contributed by atoms with Crippen LogP contribution in [-0.4, -0.2) is 26.4 Å². The van der Waals surface area contributed by atoms with Crippen LogP contribution in [0.2, 0.25) is 0 Å². The molecule has 0 saturated heterocycles. The lowest BCUT2D eigenvalue weighted by atomic mass is 9.89. The summed E-state index contributed by atoms with van der Waals surface area (Å²) in [6.45, 7) is 1.84. The highest BCUT2D eigenvalue weighted by Crippen LogP contribution is 2.42. The van der Waals surface area contributed by atoms with Crippen molar-refractivity contribution in [1.82, 2.24) is 19.9 Å². The molecular weight excluding hydrogens is 363 g/mol. The largest absolute Gasteiger partial charge is 0.286 e. The van der Waals surface area contributed by atoms with Gasteiger partial charge in [-0.25, -0.2) is 9.07 Å². The monoisotopic (exact) mass is 382 g/mol. The number of hydrogen-bond donors (Lipinski definition) is 0. The molecule has 6 rings (SSSR count). The maximum Gasteiger partial charge on any atom is 0.123 e. The summed E-state index contributed by atoms with van der Waals surface area (Å²) in [5.41, 5.74) is 7.73. The van der Waals surface area contributed by atoms with Gasteiger partial charge in [-0.2, -0.15) is 0 Å². The van der Waals surface area contributed by atoms with Crippen LogP contribution in [0.25, 0.3) is 16.9 Å². The standard InChI is InChI=1S/C24H19FN4/c25-19-11-9-17(10-12-19)22-24-23-20-7-3-1-5-16(20)13-14-28(23)15-18-6-2-4-8-21(18)29(24)27-26-22/h1-12,23H,13-15H2. The van der Waals surface area contributed by atoms with E-state index in [9.17, 15) is 4.39 Å². The maximum atomic E-state index is 13.5. The molecule has 0 saturated carbocycles. The van der Waals surface area contributed by atoms with Crippen LogP contribution in [0.15, 0.2) is 72.8 Å². The van der Waals surface area contributed by atoms with Crippen molar-refractivity contribution in [3.63, 3.8) is 0 Å². The van der Waals surface area contributed by atoms with Crippen LogP contribution in [0, 0.1) is 5.82 Å². The molecule has 0 N–H and O–H groups in total. The molecule has 1 unspecified atom stereocenters. The fourth-order valence-electron chi connectivity index (χ4n) is 4.70. The Kier molecular flexibility index (Phi) is 3.64. The topological polar surface area (TPSA) is 34.0 Å². The Morgan fingerprint density at radius 3 is 2.48 bits per heavy atom. The smallest absolute Gasteiger partial charge is 0.123 e. The molecule has 0 bridgehead atoms. The molecule has 1 atom stereocenters. The molecule has 0 aliphatic carbocycles. The summed E-state index contributed by atoms with van der Waals surface area (Å²) in [4.78, 5) is 2.51. The molecule has 4 nitrogen and oxygen atoms in total. The lowest BCUT2D eigenvalue weighted by Gasteiger charge is -2.36. The summed E-state index contributed by atoms with van der Waals surface area (Å²) in [5, 5.41) is 9.13. The van der Waals surface area contributed by atoms with E-state index in [0.29, 0.717) is 0 Å². The van der Waals surface area contributed by atoms with E-state index in [0.717, 1.165) is 42.1 Å². The fraction of sp³-hybridized carbons (Fsp3) is 0.167. The highest BCUT2D eigenvalue weighted by atomic mass is 19.1. The Bertz CT molecular complexity index is 1210. The van der Waals surface area contributed by atoms with Gasteiger partial charge in [0.05, 0.1) is 17.4 Å². The fourth-order valence-corrected chi connectivity index (χ4v) is 4.70. The van der Waals surface area contributed by atoms with Gasteiger partial charge in [0.25, 0.3) is 0 Å². The number of nitrogens with zero attached hydrogens (tertiary/aromatic N) is 4. The van der Waals surface area contributed by atoms with Crippen LogP contribution >= 0.6 is 0 Å². The first-order valence-electron chi connectivity index (χ1n) is 9.91. The van der Waals surface area contributed by atoms with Gasteiger partial charge in [-0.3, -0.25) is 4.90 Å². The summed E-state index contributed by atoms with van der Waals surface area (Å²) in [6, 6.07) is 23.6. The summed E-state index contributed by atoms with van der Waals surface area (Å²) >= 11 is 0. The van der Waals surface area contributed by atoms with E-state index in [-0.39, 0.29) is 11.9 Å². The van der Waals surface area contributed by atoms with Crippen LogP contribution in [0.5, 0.6) is 0 Å². The summed E-state index contributed by atoms with van der Waals surface area (Å²) in [7, 11) is 0. The van der Waals surface area contributed by atoms with E-state index >= 15 is 0 Å². The lowest BCUT2D eigenvalue weighted by Crippen LogP contribution is -2.35. The zero-order valence-corrected chi connectivity index (χ0v) is 15.8. The van der Waals surface area contributed by atoms with E-state index in [2.05, 4.69) is 57.7 Å². The Hall–Kier alpha value is -3.31. The van der Waals surface area contributed by atoms with E-state index in [4.69, 9.17) is 0 Å². The molecule has 3 aromatic carbocycles. The molecule has 0 fully saturated rings. The minimum Gasteiger partial charge on any atom is -0.286 e. The third kappa shape index (κ3) is 2.54. The van der Waals surface area contributed by atoms with Gasteiger partial charge in [0.1, 0.15) is 11.5 Å². The van der Waals surface area contributed by atoms with Gasteiger partial charge in [0.2, 0.25) is 0 Å². The third-order valence-corrected chi connectivity index (χ3v) is 6.06. The maximum absolute atomic E-state index is 13.5. The Labute approximate surface area is 168 Å². The van der Waals surface area contributed by atoms with Crippen molar-refractivity contribution >= 4 is 0 Å². The predicted octanol–water partition coefficient (Wildman–Crippen LogP) is 4.53. The second kappa shape index (κ2) is 6.36. The van der Waals surface area contributed by atoms with Crippen LogP contribution in [0.1, 0.15) is 28.4 Å². The highest BCUT2D eigenvalue weighted by Gasteiger charge is 2.37. The number of benzene rings is 3. The number of para-hydroxylation sites is 1. The van der Waals surface area contributed by atoms with Gasteiger partial charge in [-0.1, -0.05) is 47.7 Å². The number of aromatic nitrogens is 3. The number of hydrogen-bond acceptors (Lipinski definition) is 3. The van der Waals surface area contributed by atoms with E-state index in [1.807, 2.05) is 10.7 Å². The van der Waals surface area contributed by atoms with Gasteiger partial charge < -0.3 is 0 Å². The average Bonchev–Trinajstić information content (AvgIpc) is 3.13. The molecule has 142 valence electrons. The van der Waals surface area contributed by atoms with Crippen molar-refractivity contribution in [2.75, 3.05) is 6.54 Å². The minimum atomic E-state index is -0.248. The van der Waals surface area contributed by atoms with E-state index in [1.54, 1.807) is 12.1 Å². The second-order valence-corrected chi connectivity index (χ2v) is 7.69. The van der Waals surface area contributed by atoms with Gasteiger partial charge >= 0.3 is 0 Å². The van der Waals surface area contributed by atoms with Crippen molar-refractivity contribution in [2.24, 2.45) is 0 Å². The van der Waals surface area contributed by atoms with Crippen LogP contribution in [-0.2, 0) is 13.0 Å².